The third-order valence-corrected chi connectivity index (χ3v) is 4.18. The van der Waals surface area contributed by atoms with Gasteiger partial charge in [0.1, 0.15) is 6.10 Å². The molecule has 9 heteroatoms. The van der Waals surface area contributed by atoms with Crippen LogP contribution in [0.5, 0.6) is 11.5 Å². The lowest BCUT2D eigenvalue weighted by Gasteiger charge is -2.25. The van der Waals surface area contributed by atoms with Gasteiger partial charge in [0.15, 0.2) is 17.6 Å². The predicted molar refractivity (Wildman–Crippen MR) is 109 cm³/mol. The van der Waals surface area contributed by atoms with Crippen molar-refractivity contribution in [2.45, 2.75) is 19.1 Å². The molecule has 0 spiro atoms. The number of aryl methyl sites for hydroxylation is 1. The Morgan fingerprint density at radius 3 is 2.37 bits per heavy atom. The van der Waals surface area contributed by atoms with Crippen LogP contribution in [-0.2, 0) is 14.3 Å². The first-order valence-electron chi connectivity index (χ1n) is 8.94. The van der Waals surface area contributed by atoms with Crippen molar-refractivity contribution in [3.8, 4) is 11.5 Å². The Hall–Kier alpha value is -3.56. The van der Waals surface area contributed by atoms with Gasteiger partial charge in [-0.25, -0.2) is 10.3 Å². The number of amides is 2. The van der Waals surface area contributed by atoms with Crippen molar-refractivity contribution in [1.29, 1.82) is 0 Å². The number of benzene rings is 2. The van der Waals surface area contributed by atoms with Crippen LogP contribution < -0.4 is 15.5 Å². The van der Waals surface area contributed by atoms with E-state index in [1.807, 2.05) is 19.1 Å². The van der Waals surface area contributed by atoms with Gasteiger partial charge in [-0.2, -0.15) is 0 Å². The summed E-state index contributed by atoms with van der Waals surface area (Å²) in [6, 6.07) is 11.6. The number of carbonyl (C=O) groups excluding carboxylic acids is 2. The second-order valence-corrected chi connectivity index (χ2v) is 6.28. The maximum Gasteiger partial charge on any atom is 0.412 e. The normalized spacial score (nSPS) is 12.8. The Morgan fingerprint density at radius 2 is 1.80 bits per heavy atom. The SMILES string of the molecule is COc1ccc([C@H](OC(=O)Nc2ccc(C)cc2)[C@H](/C=C/C(=O)NO)OC)cc1O. The third-order valence-electron chi connectivity index (χ3n) is 4.18. The van der Waals surface area contributed by atoms with E-state index in [4.69, 9.17) is 19.4 Å². The fourth-order valence-electron chi connectivity index (χ4n) is 2.63. The minimum absolute atomic E-state index is 0.158. The molecule has 30 heavy (non-hydrogen) atoms. The first kappa shape index (κ1) is 22.7. The number of anilines is 1. The van der Waals surface area contributed by atoms with Crippen LogP contribution in [0.1, 0.15) is 17.2 Å². The molecule has 2 aromatic rings. The molecule has 0 bridgehead atoms. The molecule has 4 N–H and O–H groups in total. The predicted octanol–water partition coefficient (Wildman–Crippen LogP) is 3.08. The molecule has 0 radical (unpaired) electrons. The lowest BCUT2D eigenvalue weighted by Crippen LogP contribution is -2.27. The molecule has 2 atom stereocenters. The van der Waals surface area contributed by atoms with Gasteiger partial charge in [0.05, 0.1) is 7.11 Å². The number of aromatic hydroxyl groups is 1. The maximum atomic E-state index is 12.5. The fraction of sp³-hybridized carbons (Fsp3) is 0.238. The van der Waals surface area contributed by atoms with Gasteiger partial charge in [-0.15, -0.1) is 0 Å². The number of rotatable bonds is 8. The lowest BCUT2D eigenvalue weighted by atomic mass is 10.0. The van der Waals surface area contributed by atoms with E-state index >= 15 is 0 Å². The van der Waals surface area contributed by atoms with Crippen molar-refractivity contribution in [2.24, 2.45) is 0 Å². The van der Waals surface area contributed by atoms with Crippen LogP contribution in [-0.4, -0.2) is 42.6 Å². The first-order valence-corrected chi connectivity index (χ1v) is 8.94. The molecule has 0 heterocycles. The summed E-state index contributed by atoms with van der Waals surface area (Å²) in [5.41, 5.74) is 3.43. The van der Waals surface area contributed by atoms with Crippen molar-refractivity contribution in [3.63, 3.8) is 0 Å². The largest absolute Gasteiger partial charge is 0.504 e. The van der Waals surface area contributed by atoms with Crippen LogP contribution in [0, 0.1) is 6.92 Å². The van der Waals surface area contributed by atoms with Gasteiger partial charge in [0.25, 0.3) is 5.91 Å². The summed E-state index contributed by atoms with van der Waals surface area (Å²) in [5.74, 6) is -0.697. The Labute approximate surface area is 173 Å². The summed E-state index contributed by atoms with van der Waals surface area (Å²) >= 11 is 0. The molecular weight excluding hydrogens is 392 g/mol. The van der Waals surface area contributed by atoms with Gasteiger partial charge in [0, 0.05) is 18.9 Å². The zero-order valence-corrected chi connectivity index (χ0v) is 16.8. The fourth-order valence-corrected chi connectivity index (χ4v) is 2.63. The van der Waals surface area contributed by atoms with Crippen molar-refractivity contribution >= 4 is 17.7 Å². The first-order chi connectivity index (χ1) is 14.4. The molecule has 2 amide bonds. The minimum Gasteiger partial charge on any atom is -0.504 e. The molecule has 0 aliphatic carbocycles. The summed E-state index contributed by atoms with van der Waals surface area (Å²) in [5, 5.41) is 21.4. The number of phenolic OH excluding ortho intramolecular Hbond substituents is 1. The lowest BCUT2D eigenvalue weighted by molar-refractivity contribution is -0.124. The van der Waals surface area contributed by atoms with Crippen LogP contribution in [0.4, 0.5) is 10.5 Å². The number of phenols is 1. The molecule has 0 fully saturated rings. The van der Waals surface area contributed by atoms with Gasteiger partial charge < -0.3 is 19.3 Å². The van der Waals surface area contributed by atoms with Crippen LogP contribution in [0.15, 0.2) is 54.6 Å². The molecule has 0 aliphatic heterocycles. The highest BCUT2D eigenvalue weighted by atomic mass is 16.6. The number of carbonyl (C=O) groups is 2. The summed E-state index contributed by atoms with van der Waals surface area (Å²) in [6.07, 6.45) is -0.345. The highest BCUT2D eigenvalue weighted by Crippen LogP contribution is 2.33. The van der Waals surface area contributed by atoms with Crippen molar-refractivity contribution in [3.05, 3.63) is 65.7 Å². The van der Waals surface area contributed by atoms with Crippen molar-refractivity contribution in [1.82, 2.24) is 5.48 Å². The molecular formula is C21H24N2O7. The van der Waals surface area contributed by atoms with E-state index in [9.17, 15) is 14.7 Å². The molecule has 0 unspecified atom stereocenters. The van der Waals surface area contributed by atoms with Crippen LogP contribution in [0.2, 0.25) is 0 Å². The molecule has 0 saturated carbocycles. The Morgan fingerprint density at radius 1 is 1.10 bits per heavy atom. The van der Waals surface area contributed by atoms with Crippen LogP contribution in [0.25, 0.3) is 0 Å². The molecule has 160 valence electrons. The maximum absolute atomic E-state index is 12.5. The molecule has 9 nitrogen and oxygen atoms in total. The zero-order valence-electron chi connectivity index (χ0n) is 16.8. The number of hydroxylamine groups is 1. The molecule has 0 saturated heterocycles. The average Bonchev–Trinajstić information content (AvgIpc) is 2.74. The van der Waals surface area contributed by atoms with E-state index < -0.39 is 24.2 Å². The van der Waals surface area contributed by atoms with E-state index in [2.05, 4.69) is 5.32 Å². The third kappa shape index (κ3) is 6.23. The van der Waals surface area contributed by atoms with Gasteiger partial charge >= 0.3 is 6.09 Å². The van der Waals surface area contributed by atoms with E-state index in [1.165, 1.54) is 37.9 Å². The van der Waals surface area contributed by atoms with Gasteiger partial charge in [0.2, 0.25) is 0 Å². The van der Waals surface area contributed by atoms with Crippen LogP contribution in [0.3, 0.4) is 0 Å². The Bertz CT molecular complexity index is 897. The van der Waals surface area contributed by atoms with Crippen LogP contribution >= 0.6 is 0 Å². The highest BCUT2D eigenvalue weighted by molar-refractivity contribution is 5.86. The molecule has 0 aliphatic rings. The highest BCUT2D eigenvalue weighted by Gasteiger charge is 2.27. The number of hydrogen-bond donors (Lipinski definition) is 4. The summed E-state index contributed by atoms with van der Waals surface area (Å²) in [7, 11) is 2.77. The standard InChI is InChI=1S/C21H24N2O7/c1-13-4-7-15(8-5-13)22-21(26)30-20(18(29-3)10-11-19(25)23-27)14-6-9-17(28-2)16(24)12-14/h4-12,18,20,24,27H,1-3H3,(H,22,26)(H,23,25)/b11-10+/t18-,20-/m0/s1. The second-order valence-electron chi connectivity index (χ2n) is 6.28. The zero-order chi connectivity index (χ0) is 22.1. The average molecular weight is 416 g/mol. The molecule has 2 rings (SSSR count). The number of hydrogen-bond acceptors (Lipinski definition) is 7. The Kier molecular flexibility index (Phi) is 8.21. The topological polar surface area (TPSA) is 126 Å². The van der Waals surface area contributed by atoms with Crippen molar-refractivity contribution < 1.29 is 34.1 Å². The second kappa shape index (κ2) is 10.8. The minimum atomic E-state index is -1.03. The molecule has 0 aromatic heterocycles. The summed E-state index contributed by atoms with van der Waals surface area (Å²) < 4.78 is 15.9. The van der Waals surface area contributed by atoms with E-state index in [0.29, 0.717) is 11.3 Å². The van der Waals surface area contributed by atoms with Gasteiger partial charge in [-0.1, -0.05) is 23.8 Å². The quantitative estimate of drug-likeness (QED) is 0.296. The summed E-state index contributed by atoms with van der Waals surface area (Å²) in [4.78, 5) is 23.8. The number of methoxy groups -OCH3 is 2. The Balaban J connectivity index is 2.30. The van der Waals surface area contributed by atoms with Crippen molar-refractivity contribution in [2.75, 3.05) is 19.5 Å². The monoisotopic (exact) mass is 416 g/mol. The number of ether oxygens (including phenoxy) is 3. The van der Waals surface area contributed by atoms with Gasteiger partial charge in [-0.05, 0) is 42.8 Å². The van der Waals surface area contributed by atoms with E-state index in [1.54, 1.807) is 18.2 Å². The number of nitrogens with one attached hydrogen (secondary N) is 2. The smallest absolute Gasteiger partial charge is 0.412 e. The van der Waals surface area contributed by atoms with Gasteiger partial charge in [-0.3, -0.25) is 15.3 Å². The van der Waals surface area contributed by atoms with E-state index in [-0.39, 0.29) is 11.5 Å². The summed E-state index contributed by atoms with van der Waals surface area (Å²) in [6.45, 7) is 1.92. The van der Waals surface area contributed by atoms with E-state index in [0.717, 1.165) is 11.6 Å². The molecule has 2 aromatic carbocycles.